The van der Waals surface area contributed by atoms with Crippen molar-refractivity contribution >= 4 is 0 Å². The van der Waals surface area contributed by atoms with Gasteiger partial charge < -0.3 is 20.5 Å². The molecule has 82 valence electrons. The molecule has 1 aliphatic heterocycles. The molecule has 0 aliphatic carbocycles. The van der Waals surface area contributed by atoms with Gasteiger partial charge >= 0.3 is 0 Å². The molecule has 0 radical (unpaired) electrons. The Morgan fingerprint density at radius 1 is 1.40 bits per heavy atom. The Kier molecular flexibility index (Phi) is 3.08. The molecule has 4 heteroatoms. The van der Waals surface area contributed by atoms with Crippen molar-refractivity contribution in [2.75, 3.05) is 13.3 Å². The van der Waals surface area contributed by atoms with Crippen molar-refractivity contribution < 1.29 is 9.47 Å². The second-order valence-electron chi connectivity index (χ2n) is 3.71. The summed E-state index contributed by atoms with van der Waals surface area (Å²) in [5.74, 6) is 1.65. The number of ether oxygens (including phenoxy) is 2. The number of hydrogen-bond acceptors (Lipinski definition) is 4. The van der Waals surface area contributed by atoms with Crippen LogP contribution in [0.1, 0.15) is 12.5 Å². The van der Waals surface area contributed by atoms with Crippen LogP contribution in [-0.4, -0.2) is 19.4 Å². The van der Waals surface area contributed by atoms with E-state index in [1.165, 1.54) is 5.56 Å². The highest BCUT2D eigenvalue weighted by molar-refractivity contribution is 5.44. The van der Waals surface area contributed by atoms with Crippen LogP contribution in [0.4, 0.5) is 0 Å². The zero-order valence-corrected chi connectivity index (χ0v) is 8.82. The van der Waals surface area contributed by atoms with E-state index in [4.69, 9.17) is 15.2 Å². The molecular weight excluding hydrogens is 192 g/mol. The maximum absolute atomic E-state index is 5.52. The smallest absolute Gasteiger partial charge is 0.231 e. The Morgan fingerprint density at radius 2 is 2.20 bits per heavy atom. The number of nitrogens with one attached hydrogen (secondary N) is 1. The van der Waals surface area contributed by atoms with Crippen LogP contribution in [0.5, 0.6) is 11.5 Å². The monoisotopic (exact) mass is 208 g/mol. The first-order chi connectivity index (χ1) is 7.29. The molecule has 1 heterocycles. The van der Waals surface area contributed by atoms with E-state index in [1.807, 2.05) is 18.2 Å². The number of fused-ring (bicyclic) bond motifs is 1. The summed E-state index contributed by atoms with van der Waals surface area (Å²) in [6, 6.07) is 6.30. The van der Waals surface area contributed by atoms with E-state index in [2.05, 4.69) is 12.2 Å². The lowest BCUT2D eigenvalue weighted by Crippen LogP contribution is -2.32. The van der Waals surface area contributed by atoms with Gasteiger partial charge in [-0.05, 0) is 24.6 Å². The van der Waals surface area contributed by atoms with Gasteiger partial charge in [0.25, 0.3) is 0 Å². The fraction of sp³-hybridized carbons (Fsp3) is 0.455. The van der Waals surface area contributed by atoms with E-state index in [0.717, 1.165) is 18.0 Å². The highest BCUT2D eigenvalue weighted by Gasteiger charge is 2.12. The molecule has 0 unspecified atom stereocenters. The molecule has 0 saturated heterocycles. The molecule has 0 fully saturated rings. The van der Waals surface area contributed by atoms with Gasteiger partial charge in [0, 0.05) is 19.1 Å². The zero-order chi connectivity index (χ0) is 10.7. The van der Waals surface area contributed by atoms with E-state index in [1.54, 1.807) is 0 Å². The normalized spacial score (nSPS) is 15.3. The van der Waals surface area contributed by atoms with Gasteiger partial charge in [-0.3, -0.25) is 0 Å². The van der Waals surface area contributed by atoms with Crippen molar-refractivity contribution in [1.29, 1.82) is 0 Å². The average molecular weight is 208 g/mol. The van der Waals surface area contributed by atoms with Crippen LogP contribution >= 0.6 is 0 Å². The molecule has 15 heavy (non-hydrogen) atoms. The topological polar surface area (TPSA) is 56.5 Å². The third-order valence-electron chi connectivity index (χ3n) is 2.45. The van der Waals surface area contributed by atoms with Crippen LogP contribution in [-0.2, 0) is 6.54 Å². The standard InChI is InChI=1S/C11H16N2O2/c1-8(5-12)13-6-9-2-3-10-11(4-9)15-7-14-10/h2-4,8,13H,5-7,12H2,1H3/t8-/m1/s1. The van der Waals surface area contributed by atoms with Crippen molar-refractivity contribution in [2.45, 2.75) is 19.5 Å². The molecule has 0 saturated carbocycles. The SMILES string of the molecule is C[C@H](CN)NCc1ccc2c(c1)OCO2. The van der Waals surface area contributed by atoms with Gasteiger partial charge in [0.15, 0.2) is 11.5 Å². The van der Waals surface area contributed by atoms with Crippen LogP contribution in [0, 0.1) is 0 Å². The molecule has 0 amide bonds. The van der Waals surface area contributed by atoms with Crippen LogP contribution in [0.15, 0.2) is 18.2 Å². The Morgan fingerprint density at radius 3 is 3.00 bits per heavy atom. The molecule has 1 aromatic carbocycles. The van der Waals surface area contributed by atoms with Crippen LogP contribution < -0.4 is 20.5 Å². The Balaban J connectivity index is 1.98. The Bertz CT molecular complexity index is 341. The van der Waals surface area contributed by atoms with E-state index in [-0.39, 0.29) is 0 Å². The molecule has 1 aliphatic rings. The molecule has 0 spiro atoms. The number of benzene rings is 1. The van der Waals surface area contributed by atoms with Crippen LogP contribution in [0.3, 0.4) is 0 Å². The lowest BCUT2D eigenvalue weighted by atomic mass is 10.2. The summed E-state index contributed by atoms with van der Waals surface area (Å²) in [7, 11) is 0. The number of hydrogen-bond donors (Lipinski definition) is 2. The Labute approximate surface area is 89.4 Å². The molecule has 0 aromatic heterocycles. The number of nitrogens with two attached hydrogens (primary N) is 1. The minimum Gasteiger partial charge on any atom is -0.454 e. The predicted molar refractivity (Wildman–Crippen MR) is 57.9 cm³/mol. The molecule has 2 rings (SSSR count). The third-order valence-corrected chi connectivity index (χ3v) is 2.45. The summed E-state index contributed by atoms with van der Waals surface area (Å²) in [6.45, 7) is 3.83. The van der Waals surface area contributed by atoms with Crippen LogP contribution in [0.2, 0.25) is 0 Å². The van der Waals surface area contributed by atoms with Gasteiger partial charge in [-0.15, -0.1) is 0 Å². The van der Waals surface area contributed by atoms with E-state index in [0.29, 0.717) is 19.4 Å². The van der Waals surface area contributed by atoms with Crippen molar-refractivity contribution in [1.82, 2.24) is 5.32 Å². The maximum Gasteiger partial charge on any atom is 0.231 e. The lowest BCUT2D eigenvalue weighted by Gasteiger charge is -2.11. The molecule has 4 nitrogen and oxygen atoms in total. The van der Waals surface area contributed by atoms with Gasteiger partial charge in [0.1, 0.15) is 0 Å². The van der Waals surface area contributed by atoms with E-state index < -0.39 is 0 Å². The van der Waals surface area contributed by atoms with Crippen molar-refractivity contribution in [3.8, 4) is 11.5 Å². The highest BCUT2D eigenvalue weighted by atomic mass is 16.7. The first-order valence-electron chi connectivity index (χ1n) is 5.11. The third kappa shape index (κ3) is 2.40. The largest absolute Gasteiger partial charge is 0.454 e. The second kappa shape index (κ2) is 4.51. The zero-order valence-electron chi connectivity index (χ0n) is 8.82. The molecular formula is C11H16N2O2. The summed E-state index contributed by atoms with van der Waals surface area (Å²) < 4.78 is 10.5. The summed E-state index contributed by atoms with van der Waals surface area (Å²) in [6.07, 6.45) is 0. The fourth-order valence-corrected chi connectivity index (χ4v) is 1.43. The van der Waals surface area contributed by atoms with Gasteiger partial charge in [-0.2, -0.15) is 0 Å². The van der Waals surface area contributed by atoms with E-state index in [9.17, 15) is 0 Å². The molecule has 0 bridgehead atoms. The maximum atomic E-state index is 5.52. The number of rotatable bonds is 4. The quantitative estimate of drug-likeness (QED) is 0.770. The average Bonchev–Trinajstić information content (AvgIpc) is 2.72. The Hall–Kier alpha value is -1.26. The van der Waals surface area contributed by atoms with Crippen molar-refractivity contribution in [2.24, 2.45) is 5.73 Å². The molecule has 1 atom stereocenters. The minimum atomic E-state index is 0.325. The highest BCUT2D eigenvalue weighted by Crippen LogP contribution is 2.32. The molecule has 1 aromatic rings. The van der Waals surface area contributed by atoms with Crippen molar-refractivity contribution in [3.63, 3.8) is 0 Å². The van der Waals surface area contributed by atoms with Crippen molar-refractivity contribution in [3.05, 3.63) is 23.8 Å². The summed E-state index contributed by atoms with van der Waals surface area (Å²) in [4.78, 5) is 0. The minimum absolute atomic E-state index is 0.325. The fourth-order valence-electron chi connectivity index (χ4n) is 1.43. The van der Waals surface area contributed by atoms with Gasteiger partial charge in [-0.25, -0.2) is 0 Å². The van der Waals surface area contributed by atoms with Crippen LogP contribution in [0.25, 0.3) is 0 Å². The summed E-state index contributed by atoms with van der Waals surface area (Å²) >= 11 is 0. The van der Waals surface area contributed by atoms with E-state index >= 15 is 0 Å². The molecule has 3 N–H and O–H groups in total. The second-order valence-corrected chi connectivity index (χ2v) is 3.71. The first-order valence-corrected chi connectivity index (χ1v) is 5.11. The summed E-state index contributed by atoms with van der Waals surface area (Å²) in [5.41, 5.74) is 6.70. The van der Waals surface area contributed by atoms with Gasteiger partial charge in [0.2, 0.25) is 6.79 Å². The van der Waals surface area contributed by atoms with Gasteiger partial charge in [-0.1, -0.05) is 6.07 Å². The predicted octanol–water partition coefficient (Wildman–Crippen LogP) is 0.852. The lowest BCUT2D eigenvalue weighted by molar-refractivity contribution is 0.174. The summed E-state index contributed by atoms with van der Waals surface area (Å²) in [5, 5.41) is 3.32. The first kappa shape index (κ1) is 10.3. The van der Waals surface area contributed by atoms with Gasteiger partial charge in [0.05, 0.1) is 0 Å².